The van der Waals surface area contributed by atoms with Crippen LogP contribution < -0.4 is 14.2 Å². The van der Waals surface area contributed by atoms with Gasteiger partial charge in [0.2, 0.25) is 0 Å². The molecule has 1 aliphatic heterocycles. The number of benzene rings is 2. The zero-order valence-electron chi connectivity index (χ0n) is 19.2. The number of hydrogen-bond acceptors (Lipinski definition) is 7. The number of nitrogens with one attached hydrogen (secondary N) is 1. The predicted molar refractivity (Wildman–Crippen MR) is 126 cm³/mol. The van der Waals surface area contributed by atoms with Crippen LogP contribution in [-0.4, -0.2) is 64.6 Å². The van der Waals surface area contributed by atoms with Gasteiger partial charge in [0.15, 0.2) is 28.8 Å². The highest BCUT2D eigenvalue weighted by Crippen LogP contribution is 2.38. The molecule has 1 saturated heterocycles. The molecule has 1 unspecified atom stereocenters. The lowest BCUT2D eigenvalue weighted by atomic mass is 10.2. The van der Waals surface area contributed by atoms with E-state index >= 15 is 4.39 Å². The maximum absolute atomic E-state index is 15.0. The first-order chi connectivity index (χ1) is 16.5. The fourth-order valence-corrected chi connectivity index (χ4v) is 4.38. The Morgan fingerprint density at radius 2 is 1.91 bits per heavy atom. The number of aliphatic hydroxyl groups excluding tert-OH is 1. The van der Waals surface area contributed by atoms with Crippen molar-refractivity contribution in [3.8, 4) is 23.0 Å². The van der Waals surface area contributed by atoms with Crippen LogP contribution in [0.4, 0.5) is 4.39 Å². The Hall–Kier alpha value is -3.43. The molecule has 0 amide bonds. The van der Waals surface area contributed by atoms with Crippen molar-refractivity contribution in [3.63, 3.8) is 0 Å². The van der Waals surface area contributed by atoms with Gasteiger partial charge in [0.05, 0.1) is 18.7 Å². The Balaban J connectivity index is 1.39. The second-order valence-corrected chi connectivity index (χ2v) is 8.59. The molecule has 4 aromatic rings. The molecule has 2 aromatic carbocycles. The molecule has 1 atom stereocenters. The zero-order valence-corrected chi connectivity index (χ0v) is 19.2. The molecule has 5 rings (SSSR count). The number of rotatable bonds is 8. The highest BCUT2D eigenvalue weighted by Gasteiger charge is 2.19. The Labute approximate surface area is 196 Å². The van der Waals surface area contributed by atoms with E-state index in [-0.39, 0.29) is 12.4 Å². The highest BCUT2D eigenvalue weighted by molar-refractivity contribution is 5.88. The summed E-state index contributed by atoms with van der Waals surface area (Å²) in [6.07, 6.45) is 3.15. The first kappa shape index (κ1) is 22.4. The number of fused-ring (bicyclic) bond motifs is 2. The minimum Gasteiger partial charge on any atom is -0.493 e. The van der Waals surface area contributed by atoms with Gasteiger partial charge in [-0.05, 0) is 57.1 Å². The summed E-state index contributed by atoms with van der Waals surface area (Å²) < 4.78 is 32.3. The molecule has 2 N–H and O–H groups in total. The van der Waals surface area contributed by atoms with E-state index in [0.717, 1.165) is 31.6 Å². The molecule has 2 aromatic heterocycles. The molecule has 1 fully saturated rings. The largest absolute Gasteiger partial charge is 0.493 e. The molecule has 178 valence electrons. The van der Waals surface area contributed by atoms with Crippen molar-refractivity contribution >= 4 is 21.8 Å². The number of likely N-dealkylation sites (tertiary alicyclic amines) is 1. The Morgan fingerprint density at radius 1 is 1.09 bits per heavy atom. The van der Waals surface area contributed by atoms with E-state index in [9.17, 15) is 5.11 Å². The normalized spacial score (nSPS) is 15.2. The molecule has 0 radical (unpaired) electrons. The molecule has 9 heteroatoms. The van der Waals surface area contributed by atoms with Gasteiger partial charge >= 0.3 is 0 Å². The van der Waals surface area contributed by atoms with Crippen LogP contribution in [0, 0.1) is 12.7 Å². The van der Waals surface area contributed by atoms with E-state index in [1.54, 1.807) is 30.3 Å². The van der Waals surface area contributed by atoms with Gasteiger partial charge in [0.25, 0.3) is 0 Å². The third kappa shape index (κ3) is 4.49. The van der Waals surface area contributed by atoms with Crippen LogP contribution in [0.15, 0.2) is 36.5 Å². The van der Waals surface area contributed by atoms with Gasteiger partial charge in [-0.25, -0.2) is 4.39 Å². The average Bonchev–Trinajstić information content (AvgIpc) is 3.48. The first-order valence-electron chi connectivity index (χ1n) is 11.3. The van der Waals surface area contributed by atoms with E-state index in [0.29, 0.717) is 45.6 Å². The van der Waals surface area contributed by atoms with Crippen LogP contribution in [0.25, 0.3) is 21.8 Å². The maximum Gasteiger partial charge on any atom is 0.175 e. The van der Waals surface area contributed by atoms with Crippen LogP contribution in [0.1, 0.15) is 18.5 Å². The molecule has 1 aliphatic rings. The summed E-state index contributed by atoms with van der Waals surface area (Å²) in [5.41, 5.74) is 2.07. The quantitative estimate of drug-likeness (QED) is 0.402. The van der Waals surface area contributed by atoms with Crippen LogP contribution in [0.3, 0.4) is 0 Å². The van der Waals surface area contributed by atoms with Crippen molar-refractivity contribution in [1.29, 1.82) is 0 Å². The highest BCUT2D eigenvalue weighted by atomic mass is 19.1. The number of halogens is 1. The van der Waals surface area contributed by atoms with Gasteiger partial charge in [-0.1, -0.05) is 0 Å². The van der Waals surface area contributed by atoms with Crippen molar-refractivity contribution in [3.05, 3.63) is 48.0 Å². The summed E-state index contributed by atoms with van der Waals surface area (Å²) in [7, 11) is 1.53. The fraction of sp³-hybridized carbons (Fsp3) is 0.360. The number of methoxy groups -OCH3 is 1. The number of ether oxygens (including phenoxy) is 3. The standard InChI is InChI=1S/C25H27FN4O4/c1-15-9-18-19(28-15)5-6-21(25(18)26)34-24-12-27-29-20-11-23(22(32-2)10-17(20)24)33-14-16(31)13-30-7-3-4-8-30/h5-6,9-12,16,28,31H,3-4,7-8,13-14H2,1-2H3. The number of hydrogen-bond donors (Lipinski definition) is 2. The topological polar surface area (TPSA) is 92.7 Å². The Bertz CT molecular complexity index is 1320. The van der Waals surface area contributed by atoms with Gasteiger partial charge in [-0.3, -0.25) is 0 Å². The number of H-pyrrole nitrogens is 1. The van der Waals surface area contributed by atoms with Crippen molar-refractivity contribution in [2.24, 2.45) is 0 Å². The maximum atomic E-state index is 15.0. The summed E-state index contributed by atoms with van der Waals surface area (Å²) in [6, 6.07) is 8.50. The van der Waals surface area contributed by atoms with E-state index in [1.165, 1.54) is 13.3 Å². The summed E-state index contributed by atoms with van der Waals surface area (Å²) in [6.45, 7) is 4.59. The third-order valence-electron chi connectivity index (χ3n) is 6.04. The Kier molecular flexibility index (Phi) is 6.21. The average molecular weight is 467 g/mol. The number of aryl methyl sites for hydroxylation is 1. The van der Waals surface area contributed by atoms with Gasteiger partial charge in [0, 0.05) is 29.2 Å². The molecule has 3 heterocycles. The molecule has 8 nitrogen and oxygen atoms in total. The molecule has 34 heavy (non-hydrogen) atoms. The monoisotopic (exact) mass is 466 g/mol. The van der Waals surface area contributed by atoms with Crippen LogP contribution in [0.2, 0.25) is 0 Å². The number of nitrogens with zero attached hydrogens (tertiary/aromatic N) is 3. The molecular weight excluding hydrogens is 439 g/mol. The lowest BCUT2D eigenvalue weighted by Gasteiger charge is -2.20. The SMILES string of the molecule is COc1cc2c(Oc3ccc4[nH]c(C)cc4c3F)cnnc2cc1OCC(O)CN1CCCC1. The minimum absolute atomic E-state index is 0.0881. The summed E-state index contributed by atoms with van der Waals surface area (Å²) in [5, 5.41) is 19.6. The van der Waals surface area contributed by atoms with Gasteiger partial charge in [0.1, 0.15) is 18.2 Å². The zero-order chi connectivity index (χ0) is 23.7. The second kappa shape index (κ2) is 9.44. The number of β-amino-alcohol motifs (C(OH)–C–C–N with tert-alkyl or cyclic N) is 1. The van der Waals surface area contributed by atoms with Gasteiger partial charge < -0.3 is 29.2 Å². The fourth-order valence-electron chi connectivity index (χ4n) is 4.38. The molecule has 0 aliphatic carbocycles. The van der Waals surface area contributed by atoms with E-state index < -0.39 is 11.9 Å². The van der Waals surface area contributed by atoms with Crippen molar-refractivity contribution < 1.29 is 23.7 Å². The van der Waals surface area contributed by atoms with Crippen LogP contribution >= 0.6 is 0 Å². The predicted octanol–water partition coefficient (Wildman–Crippen LogP) is 4.20. The van der Waals surface area contributed by atoms with Crippen molar-refractivity contribution in [1.82, 2.24) is 20.1 Å². The van der Waals surface area contributed by atoms with Crippen LogP contribution in [0.5, 0.6) is 23.0 Å². The Morgan fingerprint density at radius 3 is 2.71 bits per heavy atom. The van der Waals surface area contributed by atoms with Gasteiger partial charge in [-0.15, -0.1) is 0 Å². The smallest absolute Gasteiger partial charge is 0.175 e. The van der Waals surface area contributed by atoms with Crippen molar-refractivity contribution in [2.75, 3.05) is 33.4 Å². The number of aromatic amines is 1. The number of aromatic nitrogens is 3. The van der Waals surface area contributed by atoms with Gasteiger partial charge in [-0.2, -0.15) is 10.2 Å². The lowest BCUT2D eigenvalue weighted by Crippen LogP contribution is -2.33. The van der Waals surface area contributed by atoms with Crippen LogP contribution in [-0.2, 0) is 0 Å². The molecule has 0 spiro atoms. The second-order valence-electron chi connectivity index (χ2n) is 8.59. The van der Waals surface area contributed by atoms with E-state index in [4.69, 9.17) is 14.2 Å². The molecule has 0 bridgehead atoms. The first-order valence-corrected chi connectivity index (χ1v) is 11.3. The summed E-state index contributed by atoms with van der Waals surface area (Å²) >= 11 is 0. The summed E-state index contributed by atoms with van der Waals surface area (Å²) in [4.78, 5) is 5.34. The third-order valence-corrected chi connectivity index (χ3v) is 6.04. The van der Waals surface area contributed by atoms with E-state index in [1.807, 2.05) is 6.92 Å². The van der Waals surface area contributed by atoms with Crippen molar-refractivity contribution in [2.45, 2.75) is 25.9 Å². The number of aliphatic hydroxyl groups is 1. The molecular formula is C25H27FN4O4. The minimum atomic E-state index is -0.616. The lowest BCUT2D eigenvalue weighted by molar-refractivity contribution is 0.0747. The summed E-state index contributed by atoms with van der Waals surface area (Å²) in [5.74, 6) is 0.874. The van der Waals surface area contributed by atoms with E-state index in [2.05, 4.69) is 20.1 Å². The molecule has 0 saturated carbocycles.